The third kappa shape index (κ3) is 2.34. The van der Waals surface area contributed by atoms with Gasteiger partial charge in [-0.25, -0.2) is 9.69 Å². The minimum Gasteiger partial charge on any atom is -0.433 e. The first-order chi connectivity index (χ1) is 8.40. The molecule has 1 aromatic heterocycles. The first kappa shape index (κ1) is 12.5. The monoisotopic (exact) mass is 248 g/mol. The summed E-state index contributed by atoms with van der Waals surface area (Å²) in [6, 6.07) is 5.69. The number of carbonyl (C=O) groups is 2. The smallest absolute Gasteiger partial charge is 0.417 e. The molecule has 1 aromatic rings. The van der Waals surface area contributed by atoms with Gasteiger partial charge in [0.15, 0.2) is 5.60 Å². The van der Waals surface area contributed by atoms with Gasteiger partial charge in [-0.05, 0) is 32.9 Å². The molecule has 5 nitrogen and oxygen atoms in total. The molecule has 1 aliphatic heterocycles. The Bertz CT molecular complexity index is 497. The predicted molar refractivity (Wildman–Crippen MR) is 65.0 cm³/mol. The van der Waals surface area contributed by atoms with E-state index in [0.29, 0.717) is 13.0 Å². The van der Waals surface area contributed by atoms with Crippen molar-refractivity contribution >= 4 is 12.0 Å². The standard InChI is InChI=1S/C13H16N2O3/c1-9-5-4-6-10(14-9)7-8-15-11(16)13(2,3)18-12(15)17/h4-6H,7-8H2,1-3H3. The van der Waals surface area contributed by atoms with E-state index in [4.69, 9.17) is 4.74 Å². The molecule has 0 radical (unpaired) electrons. The summed E-state index contributed by atoms with van der Waals surface area (Å²) in [4.78, 5) is 28.9. The fourth-order valence-electron chi connectivity index (χ4n) is 1.88. The summed E-state index contributed by atoms with van der Waals surface area (Å²) in [7, 11) is 0. The Morgan fingerprint density at radius 1 is 1.33 bits per heavy atom. The van der Waals surface area contributed by atoms with Crippen LogP contribution in [0.4, 0.5) is 4.79 Å². The van der Waals surface area contributed by atoms with Crippen molar-refractivity contribution in [2.45, 2.75) is 32.8 Å². The highest BCUT2D eigenvalue weighted by Gasteiger charge is 2.46. The minimum absolute atomic E-state index is 0.292. The maximum Gasteiger partial charge on any atom is 0.417 e. The Balaban J connectivity index is 2.03. The molecule has 2 rings (SSSR count). The summed E-state index contributed by atoms with van der Waals surface area (Å²) in [6.07, 6.45) is -0.0313. The number of imide groups is 1. The summed E-state index contributed by atoms with van der Waals surface area (Å²) >= 11 is 0. The van der Waals surface area contributed by atoms with E-state index in [1.807, 2.05) is 25.1 Å². The molecule has 1 aliphatic rings. The van der Waals surface area contributed by atoms with Crippen LogP contribution in [0.25, 0.3) is 0 Å². The lowest BCUT2D eigenvalue weighted by Crippen LogP contribution is -2.37. The Kier molecular flexibility index (Phi) is 3.07. The largest absolute Gasteiger partial charge is 0.433 e. The van der Waals surface area contributed by atoms with Gasteiger partial charge in [-0.15, -0.1) is 0 Å². The van der Waals surface area contributed by atoms with Crippen LogP contribution in [-0.2, 0) is 16.0 Å². The van der Waals surface area contributed by atoms with Gasteiger partial charge in [-0.1, -0.05) is 6.07 Å². The van der Waals surface area contributed by atoms with E-state index in [1.165, 1.54) is 0 Å². The normalized spacial score (nSPS) is 18.1. The molecule has 0 spiro atoms. The average molecular weight is 248 g/mol. The van der Waals surface area contributed by atoms with Gasteiger partial charge in [0.1, 0.15) is 0 Å². The van der Waals surface area contributed by atoms with Crippen molar-refractivity contribution in [3.63, 3.8) is 0 Å². The highest BCUT2D eigenvalue weighted by Crippen LogP contribution is 2.23. The molecule has 1 saturated heterocycles. The number of hydrogen-bond acceptors (Lipinski definition) is 4. The highest BCUT2D eigenvalue weighted by molar-refractivity contribution is 6.02. The summed E-state index contributed by atoms with van der Waals surface area (Å²) in [6.45, 7) is 5.40. The third-order valence-electron chi connectivity index (χ3n) is 2.86. The van der Waals surface area contributed by atoms with Crippen LogP contribution >= 0.6 is 0 Å². The van der Waals surface area contributed by atoms with Gasteiger partial charge in [0, 0.05) is 24.4 Å². The van der Waals surface area contributed by atoms with Crippen molar-refractivity contribution in [2.75, 3.05) is 6.54 Å². The van der Waals surface area contributed by atoms with Gasteiger partial charge in [-0.3, -0.25) is 9.78 Å². The third-order valence-corrected chi connectivity index (χ3v) is 2.86. The highest BCUT2D eigenvalue weighted by atomic mass is 16.6. The zero-order valence-electron chi connectivity index (χ0n) is 10.8. The second-order valence-corrected chi connectivity index (χ2v) is 4.86. The topological polar surface area (TPSA) is 59.5 Å². The average Bonchev–Trinajstić information content (AvgIpc) is 2.46. The van der Waals surface area contributed by atoms with E-state index < -0.39 is 11.7 Å². The maximum absolute atomic E-state index is 11.9. The molecule has 96 valence electrons. The SMILES string of the molecule is Cc1cccc(CCN2C(=O)OC(C)(C)C2=O)n1. The fraction of sp³-hybridized carbons (Fsp3) is 0.462. The van der Waals surface area contributed by atoms with E-state index in [9.17, 15) is 9.59 Å². The van der Waals surface area contributed by atoms with Crippen molar-refractivity contribution in [2.24, 2.45) is 0 Å². The van der Waals surface area contributed by atoms with Gasteiger partial charge in [0.05, 0.1) is 0 Å². The molecule has 18 heavy (non-hydrogen) atoms. The van der Waals surface area contributed by atoms with Crippen LogP contribution in [0.3, 0.4) is 0 Å². The van der Waals surface area contributed by atoms with Crippen LogP contribution in [-0.4, -0.2) is 34.0 Å². The Morgan fingerprint density at radius 2 is 2.06 bits per heavy atom. The zero-order chi connectivity index (χ0) is 13.3. The number of aryl methyl sites for hydroxylation is 1. The Morgan fingerprint density at radius 3 is 2.61 bits per heavy atom. The van der Waals surface area contributed by atoms with Gasteiger partial charge < -0.3 is 4.74 Å². The number of hydrogen-bond donors (Lipinski definition) is 0. The summed E-state index contributed by atoms with van der Waals surface area (Å²) < 4.78 is 5.00. The predicted octanol–water partition coefficient (Wildman–Crippen LogP) is 1.69. The van der Waals surface area contributed by atoms with E-state index in [2.05, 4.69) is 4.98 Å². The van der Waals surface area contributed by atoms with Crippen LogP contribution in [0.5, 0.6) is 0 Å². The second kappa shape index (κ2) is 4.40. The number of amides is 2. The quantitative estimate of drug-likeness (QED) is 0.816. The molecular weight excluding hydrogens is 232 g/mol. The molecule has 2 amide bonds. The molecule has 0 aliphatic carbocycles. The van der Waals surface area contributed by atoms with E-state index in [0.717, 1.165) is 16.3 Å². The van der Waals surface area contributed by atoms with Crippen LogP contribution in [0.2, 0.25) is 0 Å². The van der Waals surface area contributed by atoms with Crippen LogP contribution in [0, 0.1) is 6.92 Å². The fourth-order valence-corrected chi connectivity index (χ4v) is 1.88. The maximum atomic E-state index is 11.9. The van der Waals surface area contributed by atoms with E-state index in [-0.39, 0.29) is 5.91 Å². The number of pyridine rings is 1. The van der Waals surface area contributed by atoms with Gasteiger partial charge in [0.25, 0.3) is 5.91 Å². The molecule has 0 aromatic carbocycles. The molecule has 0 bridgehead atoms. The second-order valence-electron chi connectivity index (χ2n) is 4.86. The first-order valence-electron chi connectivity index (χ1n) is 5.87. The summed E-state index contributed by atoms with van der Waals surface area (Å²) in [5, 5.41) is 0. The molecule has 5 heteroatoms. The summed E-state index contributed by atoms with van der Waals surface area (Å²) in [5.74, 6) is -0.292. The van der Waals surface area contributed by atoms with Crippen LogP contribution in [0.1, 0.15) is 25.2 Å². The van der Waals surface area contributed by atoms with Crippen LogP contribution in [0.15, 0.2) is 18.2 Å². The first-order valence-corrected chi connectivity index (χ1v) is 5.87. The number of ether oxygens (including phenoxy) is 1. The lowest BCUT2D eigenvalue weighted by Gasteiger charge is -2.13. The lowest BCUT2D eigenvalue weighted by atomic mass is 10.1. The Hall–Kier alpha value is -1.91. The molecule has 2 heterocycles. The molecule has 0 unspecified atom stereocenters. The summed E-state index contributed by atoms with van der Waals surface area (Å²) in [5.41, 5.74) is 0.736. The van der Waals surface area contributed by atoms with Gasteiger partial charge in [0.2, 0.25) is 0 Å². The zero-order valence-corrected chi connectivity index (χ0v) is 10.8. The minimum atomic E-state index is -1.04. The van der Waals surface area contributed by atoms with Crippen molar-refractivity contribution in [3.8, 4) is 0 Å². The van der Waals surface area contributed by atoms with Crippen molar-refractivity contribution in [1.82, 2.24) is 9.88 Å². The number of cyclic esters (lactones) is 1. The lowest BCUT2D eigenvalue weighted by molar-refractivity contribution is -0.134. The molecule has 0 saturated carbocycles. The number of nitrogens with zero attached hydrogens (tertiary/aromatic N) is 2. The van der Waals surface area contributed by atoms with Crippen molar-refractivity contribution in [1.29, 1.82) is 0 Å². The van der Waals surface area contributed by atoms with E-state index in [1.54, 1.807) is 13.8 Å². The van der Waals surface area contributed by atoms with Gasteiger partial charge in [-0.2, -0.15) is 0 Å². The molecular formula is C13H16N2O3. The van der Waals surface area contributed by atoms with E-state index >= 15 is 0 Å². The Labute approximate surface area is 106 Å². The van der Waals surface area contributed by atoms with Crippen LogP contribution < -0.4 is 0 Å². The molecule has 1 fully saturated rings. The molecule has 0 atom stereocenters. The number of carbonyl (C=O) groups excluding carboxylic acids is 2. The number of rotatable bonds is 3. The van der Waals surface area contributed by atoms with Gasteiger partial charge >= 0.3 is 6.09 Å². The molecule has 0 N–H and O–H groups in total. The number of aromatic nitrogens is 1. The van der Waals surface area contributed by atoms with Crippen molar-refractivity contribution < 1.29 is 14.3 Å². The van der Waals surface area contributed by atoms with Crippen molar-refractivity contribution in [3.05, 3.63) is 29.6 Å².